The molecule has 0 radical (unpaired) electrons. The summed E-state index contributed by atoms with van der Waals surface area (Å²) in [5.74, 6) is 0.862. The van der Waals surface area contributed by atoms with Gasteiger partial charge in [0.15, 0.2) is 9.84 Å². The van der Waals surface area contributed by atoms with Gasteiger partial charge < -0.3 is 15.1 Å². The molecule has 20 heavy (non-hydrogen) atoms. The third kappa shape index (κ3) is 3.47. The summed E-state index contributed by atoms with van der Waals surface area (Å²) in [5, 5.41) is 18.6. The maximum Gasteiger partial charge on any atom is 0.177 e. The molecule has 2 heterocycles. The van der Waals surface area contributed by atoms with E-state index in [4.69, 9.17) is 5.11 Å². The van der Waals surface area contributed by atoms with Crippen molar-refractivity contribution in [2.24, 2.45) is 5.92 Å². The van der Waals surface area contributed by atoms with Crippen LogP contribution in [0, 0.1) is 5.92 Å². The number of hydrogen-bond donors (Lipinski definition) is 2. The minimum absolute atomic E-state index is 0.117. The second-order valence-electron chi connectivity index (χ2n) is 5.20. The standard InChI is InChI=1S/C13H20N2O4S/c1-20(18,19)11-2-3-13(14-8-11)15-6-4-10(5-7-15)12(17)9-16/h2-3,8,10,12,16-17H,4-7,9H2,1H3. The number of sulfone groups is 1. The Morgan fingerprint density at radius 3 is 2.50 bits per heavy atom. The lowest BCUT2D eigenvalue weighted by atomic mass is 9.91. The molecule has 1 aliphatic heterocycles. The van der Waals surface area contributed by atoms with E-state index in [1.807, 2.05) is 0 Å². The smallest absolute Gasteiger partial charge is 0.177 e. The molecule has 2 rings (SSSR count). The average molecular weight is 300 g/mol. The van der Waals surface area contributed by atoms with Crippen LogP contribution in [-0.2, 0) is 9.84 Å². The average Bonchev–Trinajstić information content (AvgIpc) is 2.46. The van der Waals surface area contributed by atoms with Crippen molar-refractivity contribution in [2.45, 2.75) is 23.8 Å². The fourth-order valence-electron chi connectivity index (χ4n) is 2.44. The first-order valence-corrected chi connectivity index (χ1v) is 8.51. The van der Waals surface area contributed by atoms with E-state index in [1.54, 1.807) is 12.1 Å². The second-order valence-corrected chi connectivity index (χ2v) is 7.21. The SMILES string of the molecule is CS(=O)(=O)c1ccc(N2CCC(C(O)CO)CC2)nc1. The zero-order valence-corrected chi connectivity index (χ0v) is 12.3. The molecule has 1 aliphatic rings. The zero-order valence-electron chi connectivity index (χ0n) is 11.4. The number of nitrogens with zero attached hydrogens (tertiary/aromatic N) is 2. The zero-order chi connectivity index (χ0) is 14.8. The van der Waals surface area contributed by atoms with E-state index in [0.717, 1.165) is 38.0 Å². The van der Waals surface area contributed by atoms with Crippen LogP contribution in [0.5, 0.6) is 0 Å². The highest BCUT2D eigenvalue weighted by Crippen LogP contribution is 2.24. The van der Waals surface area contributed by atoms with Crippen LogP contribution in [0.15, 0.2) is 23.2 Å². The molecular weight excluding hydrogens is 280 g/mol. The van der Waals surface area contributed by atoms with Crippen LogP contribution in [0.4, 0.5) is 5.82 Å². The summed E-state index contributed by atoms with van der Waals surface area (Å²) < 4.78 is 22.7. The predicted octanol–water partition coefficient (Wildman–Crippen LogP) is 0.0547. The molecular formula is C13H20N2O4S. The molecule has 6 nitrogen and oxygen atoms in total. The van der Waals surface area contributed by atoms with E-state index in [-0.39, 0.29) is 17.4 Å². The van der Waals surface area contributed by atoms with Crippen molar-refractivity contribution < 1.29 is 18.6 Å². The molecule has 7 heteroatoms. The molecule has 0 aromatic carbocycles. The van der Waals surface area contributed by atoms with E-state index in [0.29, 0.717) is 0 Å². The number of rotatable bonds is 4. The van der Waals surface area contributed by atoms with E-state index < -0.39 is 15.9 Å². The Hall–Kier alpha value is -1.18. The first-order valence-electron chi connectivity index (χ1n) is 6.62. The lowest BCUT2D eigenvalue weighted by molar-refractivity contribution is 0.0376. The largest absolute Gasteiger partial charge is 0.394 e. The van der Waals surface area contributed by atoms with Gasteiger partial charge in [0.2, 0.25) is 0 Å². The summed E-state index contributed by atoms with van der Waals surface area (Å²) in [5.41, 5.74) is 0. The fraction of sp³-hybridized carbons (Fsp3) is 0.615. The minimum Gasteiger partial charge on any atom is -0.394 e. The van der Waals surface area contributed by atoms with Gasteiger partial charge in [0.1, 0.15) is 5.82 Å². The van der Waals surface area contributed by atoms with Crippen LogP contribution in [-0.4, -0.2) is 55.7 Å². The van der Waals surface area contributed by atoms with Crippen molar-refractivity contribution in [2.75, 3.05) is 30.9 Å². The minimum atomic E-state index is -3.22. The van der Waals surface area contributed by atoms with Crippen LogP contribution in [0.25, 0.3) is 0 Å². The molecule has 1 saturated heterocycles. The molecule has 112 valence electrons. The Morgan fingerprint density at radius 1 is 1.40 bits per heavy atom. The molecule has 0 bridgehead atoms. The maximum atomic E-state index is 11.4. The van der Waals surface area contributed by atoms with Gasteiger partial charge >= 0.3 is 0 Å². The summed E-state index contributed by atoms with van der Waals surface area (Å²) in [6.07, 6.45) is 3.46. The molecule has 1 fully saturated rings. The van der Waals surface area contributed by atoms with Crippen molar-refractivity contribution in [3.05, 3.63) is 18.3 Å². The normalized spacial score (nSPS) is 19.1. The van der Waals surface area contributed by atoms with Gasteiger partial charge in [-0.1, -0.05) is 0 Å². The van der Waals surface area contributed by atoms with Crippen molar-refractivity contribution in [1.29, 1.82) is 0 Å². The van der Waals surface area contributed by atoms with Gasteiger partial charge in [0, 0.05) is 25.5 Å². The molecule has 0 spiro atoms. The number of piperidine rings is 1. The first-order chi connectivity index (χ1) is 9.41. The van der Waals surface area contributed by atoms with Crippen LogP contribution < -0.4 is 4.90 Å². The van der Waals surface area contributed by atoms with Crippen LogP contribution >= 0.6 is 0 Å². The van der Waals surface area contributed by atoms with E-state index in [2.05, 4.69) is 9.88 Å². The van der Waals surface area contributed by atoms with Crippen molar-refractivity contribution in [3.8, 4) is 0 Å². The van der Waals surface area contributed by atoms with Crippen LogP contribution in [0.3, 0.4) is 0 Å². The van der Waals surface area contributed by atoms with E-state index in [1.165, 1.54) is 6.20 Å². The highest BCUT2D eigenvalue weighted by molar-refractivity contribution is 7.90. The van der Waals surface area contributed by atoms with Crippen molar-refractivity contribution in [3.63, 3.8) is 0 Å². The summed E-state index contributed by atoms with van der Waals surface area (Å²) in [7, 11) is -3.22. The van der Waals surface area contributed by atoms with Gasteiger partial charge in [-0.15, -0.1) is 0 Å². The van der Waals surface area contributed by atoms with Gasteiger partial charge in [-0.25, -0.2) is 13.4 Å². The van der Waals surface area contributed by atoms with Gasteiger partial charge in [0.25, 0.3) is 0 Å². The fourth-order valence-corrected chi connectivity index (χ4v) is 3.00. The summed E-state index contributed by atoms with van der Waals surface area (Å²) in [4.78, 5) is 6.47. The van der Waals surface area contributed by atoms with Gasteiger partial charge in [-0.3, -0.25) is 0 Å². The highest BCUT2D eigenvalue weighted by atomic mass is 32.2. The topological polar surface area (TPSA) is 90.7 Å². The monoisotopic (exact) mass is 300 g/mol. The molecule has 0 aliphatic carbocycles. The molecule has 1 aromatic heterocycles. The number of aliphatic hydroxyl groups excluding tert-OH is 2. The number of pyridine rings is 1. The molecule has 1 atom stereocenters. The summed E-state index contributed by atoms with van der Waals surface area (Å²) in [6.45, 7) is 1.28. The Balaban J connectivity index is 2.01. The molecule has 2 N–H and O–H groups in total. The quantitative estimate of drug-likeness (QED) is 0.817. The second kappa shape index (κ2) is 6.07. The maximum absolute atomic E-state index is 11.4. The first kappa shape index (κ1) is 15.2. The summed E-state index contributed by atoms with van der Waals surface area (Å²) in [6, 6.07) is 3.27. The Kier molecular flexibility index (Phi) is 4.62. The van der Waals surface area contributed by atoms with Crippen LogP contribution in [0.1, 0.15) is 12.8 Å². The van der Waals surface area contributed by atoms with Gasteiger partial charge in [-0.2, -0.15) is 0 Å². The Bertz CT molecular complexity index is 536. The van der Waals surface area contributed by atoms with Gasteiger partial charge in [-0.05, 0) is 30.9 Å². The predicted molar refractivity (Wildman–Crippen MR) is 75.4 cm³/mol. The van der Waals surface area contributed by atoms with Crippen LogP contribution in [0.2, 0.25) is 0 Å². The van der Waals surface area contributed by atoms with E-state index >= 15 is 0 Å². The Labute approximate surface area is 119 Å². The van der Waals surface area contributed by atoms with Crippen molar-refractivity contribution >= 4 is 15.7 Å². The third-order valence-corrected chi connectivity index (χ3v) is 4.84. The van der Waals surface area contributed by atoms with Gasteiger partial charge in [0.05, 0.1) is 17.6 Å². The van der Waals surface area contributed by atoms with Crippen molar-refractivity contribution in [1.82, 2.24) is 4.98 Å². The number of hydrogen-bond acceptors (Lipinski definition) is 6. The lowest BCUT2D eigenvalue weighted by Crippen LogP contribution is -2.39. The number of aromatic nitrogens is 1. The number of aliphatic hydroxyl groups is 2. The van der Waals surface area contributed by atoms with E-state index in [9.17, 15) is 13.5 Å². The Morgan fingerprint density at radius 2 is 2.05 bits per heavy atom. The summed E-state index contributed by atoms with van der Waals surface area (Å²) >= 11 is 0. The third-order valence-electron chi connectivity index (χ3n) is 3.74. The lowest BCUT2D eigenvalue weighted by Gasteiger charge is -2.34. The molecule has 0 amide bonds. The number of anilines is 1. The molecule has 1 aromatic rings. The molecule has 0 saturated carbocycles. The molecule has 1 unspecified atom stereocenters. The highest BCUT2D eigenvalue weighted by Gasteiger charge is 2.25.